The van der Waals surface area contributed by atoms with Gasteiger partial charge in [-0.2, -0.15) is 0 Å². The summed E-state index contributed by atoms with van der Waals surface area (Å²) >= 11 is 7.00. The van der Waals surface area contributed by atoms with Crippen LogP contribution >= 0.6 is 31.9 Å². The summed E-state index contributed by atoms with van der Waals surface area (Å²) in [5.74, 6) is 0.665. The molecule has 1 atom stereocenters. The lowest BCUT2D eigenvalue weighted by atomic mass is 9.97. The van der Waals surface area contributed by atoms with Crippen LogP contribution in [-0.2, 0) is 0 Å². The van der Waals surface area contributed by atoms with Crippen molar-refractivity contribution in [2.24, 2.45) is 0 Å². The van der Waals surface area contributed by atoms with Crippen molar-refractivity contribution in [1.29, 1.82) is 0 Å². The molecule has 1 aromatic carbocycles. The van der Waals surface area contributed by atoms with Crippen molar-refractivity contribution in [2.75, 3.05) is 5.33 Å². The Hall–Kier alpha value is 0.180. The maximum atomic E-state index is 3.56. The third kappa shape index (κ3) is 3.43. The molecule has 72 valence electrons. The Morgan fingerprint density at radius 2 is 1.85 bits per heavy atom. The number of alkyl halides is 1. The van der Waals surface area contributed by atoms with E-state index in [1.165, 1.54) is 18.4 Å². The van der Waals surface area contributed by atoms with Gasteiger partial charge in [-0.05, 0) is 30.0 Å². The molecular formula is C11H14Br2. The first kappa shape index (κ1) is 11.3. The van der Waals surface area contributed by atoms with E-state index in [9.17, 15) is 0 Å². The first-order chi connectivity index (χ1) is 6.27. The van der Waals surface area contributed by atoms with Crippen LogP contribution in [0, 0.1) is 0 Å². The van der Waals surface area contributed by atoms with Crippen molar-refractivity contribution in [3.63, 3.8) is 0 Å². The molecule has 2 heteroatoms. The number of halogens is 2. The Morgan fingerprint density at radius 1 is 1.23 bits per heavy atom. The van der Waals surface area contributed by atoms with Crippen molar-refractivity contribution >= 4 is 31.9 Å². The van der Waals surface area contributed by atoms with Gasteiger partial charge in [0.1, 0.15) is 0 Å². The van der Waals surface area contributed by atoms with Crippen LogP contribution in [0.3, 0.4) is 0 Å². The topological polar surface area (TPSA) is 0 Å². The van der Waals surface area contributed by atoms with Crippen LogP contribution in [0.15, 0.2) is 28.7 Å². The third-order valence-corrected chi connectivity index (χ3v) is 3.48. The number of hydrogen-bond donors (Lipinski definition) is 0. The zero-order valence-corrected chi connectivity index (χ0v) is 10.9. The number of benzene rings is 1. The summed E-state index contributed by atoms with van der Waals surface area (Å²) in [5, 5.41) is 1.06. The van der Waals surface area contributed by atoms with E-state index in [-0.39, 0.29) is 0 Å². The van der Waals surface area contributed by atoms with E-state index in [1.807, 2.05) is 0 Å². The first-order valence-electron chi connectivity index (χ1n) is 4.59. The molecule has 1 unspecified atom stereocenters. The van der Waals surface area contributed by atoms with Crippen molar-refractivity contribution in [2.45, 2.75) is 25.7 Å². The Labute approximate surface area is 97.0 Å². The third-order valence-electron chi connectivity index (χ3n) is 2.16. The van der Waals surface area contributed by atoms with Gasteiger partial charge in [-0.3, -0.25) is 0 Å². The fourth-order valence-electron chi connectivity index (χ4n) is 1.42. The minimum absolute atomic E-state index is 0.665. The summed E-state index contributed by atoms with van der Waals surface area (Å²) in [5.41, 5.74) is 1.43. The maximum Gasteiger partial charge on any atom is 0.0175 e. The largest absolute Gasteiger partial charge is 0.0921 e. The molecule has 0 bridgehead atoms. The van der Waals surface area contributed by atoms with Gasteiger partial charge in [0.15, 0.2) is 0 Å². The van der Waals surface area contributed by atoms with E-state index in [1.54, 1.807) is 0 Å². The highest BCUT2D eigenvalue weighted by Crippen LogP contribution is 2.24. The minimum atomic E-state index is 0.665. The van der Waals surface area contributed by atoms with Gasteiger partial charge in [0.05, 0.1) is 0 Å². The average molecular weight is 306 g/mol. The Kier molecular flexibility index (Phi) is 5.04. The van der Waals surface area contributed by atoms with Crippen LogP contribution in [0.1, 0.15) is 31.2 Å². The lowest BCUT2D eigenvalue weighted by Crippen LogP contribution is -1.99. The molecule has 0 aliphatic heterocycles. The van der Waals surface area contributed by atoms with Crippen molar-refractivity contribution in [1.82, 2.24) is 0 Å². The van der Waals surface area contributed by atoms with Crippen molar-refractivity contribution < 1.29 is 0 Å². The van der Waals surface area contributed by atoms with Gasteiger partial charge in [0, 0.05) is 9.80 Å². The fourth-order valence-corrected chi connectivity index (χ4v) is 2.38. The second kappa shape index (κ2) is 5.82. The Bertz CT molecular complexity index is 241. The van der Waals surface area contributed by atoms with Crippen molar-refractivity contribution in [3.8, 4) is 0 Å². The second-order valence-corrected chi connectivity index (χ2v) is 4.75. The van der Waals surface area contributed by atoms with E-state index in [0.29, 0.717) is 5.92 Å². The van der Waals surface area contributed by atoms with Crippen LogP contribution in [0.25, 0.3) is 0 Å². The van der Waals surface area contributed by atoms with E-state index in [0.717, 1.165) is 9.80 Å². The summed E-state index contributed by atoms with van der Waals surface area (Å²) in [6.07, 6.45) is 2.50. The molecule has 0 saturated carbocycles. The molecular weight excluding hydrogens is 292 g/mol. The number of hydrogen-bond acceptors (Lipinski definition) is 0. The summed E-state index contributed by atoms with van der Waals surface area (Å²) in [6.45, 7) is 2.23. The Balaban J connectivity index is 2.73. The normalized spacial score (nSPS) is 12.8. The molecule has 0 amide bonds. The molecule has 0 nitrogen and oxygen atoms in total. The van der Waals surface area contributed by atoms with Crippen LogP contribution in [-0.4, -0.2) is 5.33 Å². The minimum Gasteiger partial charge on any atom is -0.0921 e. The highest BCUT2D eigenvalue weighted by atomic mass is 79.9. The molecule has 0 aliphatic carbocycles. The van der Waals surface area contributed by atoms with Crippen LogP contribution < -0.4 is 0 Å². The molecule has 0 spiro atoms. The lowest BCUT2D eigenvalue weighted by molar-refractivity contribution is 0.676. The highest BCUT2D eigenvalue weighted by molar-refractivity contribution is 9.10. The van der Waals surface area contributed by atoms with Crippen LogP contribution in [0.4, 0.5) is 0 Å². The zero-order chi connectivity index (χ0) is 9.68. The van der Waals surface area contributed by atoms with E-state index in [4.69, 9.17) is 0 Å². The standard InChI is InChI=1S/C11H14Br2/c1-2-3-10(8-12)9-4-6-11(13)7-5-9/h4-7,10H,2-3,8H2,1H3. The summed E-state index contributed by atoms with van der Waals surface area (Å²) in [6, 6.07) is 8.62. The molecule has 0 heterocycles. The van der Waals surface area contributed by atoms with Gasteiger partial charge in [-0.25, -0.2) is 0 Å². The predicted octanol–water partition coefficient (Wildman–Crippen LogP) is 4.73. The molecule has 1 aromatic rings. The first-order valence-corrected chi connectivity index (χ1v) is 6.50. The van der Waals surface area contributed by atoms with Gasteiger partial charge >= 0.3 is 0 Å². The van der Waals surface area contributed by atoms with Crippen molar-refractivity contribution in [3.05, 3.63) is 34.3 Å². The SMILES string of the molecule is CCCC(CBr)c1ccc(Br)cc1. The predicted molar refractivity (Wildman–Crippen MR) is 65.6 cm³/mol. The fraction of sp³-hybridized carbons (Fsp3) is 0.455. The molecule has 1 rings (SSSR count). The molecule has 0 fully saturated rings. The number of rotatable bonds is 4. The van der Waals surface area contributed by atoms with E-state index < -0.39 is 0 Å². The van der Waals surface area contributed by atoms with Crippen LogP contribution in [0.2, 0.25) is 0 Å². The molecule has 13 heavy (non-hydrogen) atoms. The summed E-state index contributed by atoms with van der Waals surface area (Å²) < 4.78 is 1.15. The molecule has 0 aromatic heterocycles. The lowest BCUT2D eigenvalue weighted by Gasteiger charge is -2.12. The van der Waals surface area contributed by atoms with Gasteiger partial charge in [-0.15, -0.1) is 0 Å². The Morgan fingerprint density at radius 3 is 2.31 bits per heavy atom. The highest BCUT2D eigenvalue weighted by Gasteiger charge is 2.07. The zero-order valence-electron chi connectivity index (χ0n) is 7.76. The molecule has 0 saturated heterocycles. The average Bonchev–Trinajstić information content (AvgIpc) is 2.16. The summed E-state index contributed by atoms with van der Waals surface area (Å²) in [4.78, 5) is 0. The second-order valence-electron chi connectivity index (χ2n) is 3.19. The molecule has 0 N–H and O–H groups in total. The van der Waals surface area contributed by atoms with Gasteiger partial charge in [-0.1, -0.05) is 57.3 Å². The van der Waals surface area contributed by atoms with E-state index >= 15 is 0 Å². The van der Waals surface area contributed by atoms with E-state index in [2.05, 4.69) is 63.0 Å². The van der Waals surface area contributed by atoms with Gasteiger partial charge in [0.25, 0.3) is 0 Å². The molecule has 0 aliphatic rings. The maximum absolute atomic E-state index is 3.56. The molecule has 0 radical (unpaired) electrons. The van der Waals surface area contributed by atoms with Gasteiger partial charge in [0.2, 0.25) is 0 Å². The van der Waals surface area contributed by atoms with Gasteiger partial charge < -0.3 is 0 Å². The monoisotopic (exact) mass is 304 g/mol. The smallest absolute Gasteiger partial charge is 0.0175 e. The quantitative estimate of drug-likeness (QED) is 0.706. The van der Waals surface area contributed by atoms with Crippen LogP contribution in [0.5, 0.6) is 0 Å². The summed E-state index contributed by atoms with van der Waals surface area (Å²) in [7, 11) is 0.